The van der Waals surface area contributed by atoms with Gasteiger partial charge in [0.15, 0.2) is 0 Å². The van der Waals surface area contributed by atoms with Gasteiger partial charge in [0.25, 0.3) is 11.9 Å². The van der Waals surface area contributed by atoms with Gasteiger partial charge in [-0.15, -0.1) is 0 Å². The third kappa shape index (κ3) is 4.41. The number of hydrogen-bond donors (Lipinski definition) is 2. The highest BCUT2D eigenvalue weighted by Crippen LogP contribution is 2.29. The summed E-state index contributed by atoms with van der Waals surface area (Å²) in [5.41, 5.74) is -0.316. The average Bonchev–Trinajstić information content (AvgIpc) is 3.32. The van der Waals surface area contributed by atoms with Crippen LogP contribution >= 0.6 is 0 Å². The molecule has 0 aliphatic carbocycles. The predicted octanol–water partition coefficient (Wildman–Crippen LogP) is 3.30. The largest absolute Gasteiger partial charge is 0.493 e. The summed E-state index contributed by atoms with van der Waals surface area (Å²) in [7, 11) is 0. The molecule has 4 rings (SSSR count). The van der Waals surface area contributed by atoms with Crippen molar-refractivity contribution < 1.29 is 23.1 Å². The van der Waals surface area contributed by atoms with E-state index in [0.29, 0.717) is 11.1 Å². The first kappa shape index (κ1) is 21.0. The van der Waals surface area contributed by atoms with Crippen molar-refractivity contribution in [2.24, 2.45) is 0 Å². The number of alkyl halides is 3. The second kappa shape index (κ2) is 8.46. The Bertz CT molecular complexity index is 1210. The van der Waals surface area contributed by atoms with Gasteiger partial charge in [0.1, 0.15) is 11.3 Å². The number of halogens is 3. The van der Waals surface area contributed by atoms with Crippen LogP contribution in [-0.4, -0.2) is 35.7 Å². The van der Waals surface area contributed by atoms with Gasteiger partial charge in [-0.1, -0.05) is 36.4 Å². The van der Waals surface area contributed by atoms with Crippen LogP contribution in [0.25, 0.3) is 5.95 Å². The van der Waals surface area contributed by atoms with E-state index < -0.39 is 29.7 Å². The summed E-state index contributed by atoms with van der Waals surface area (Å²) in [4.78, 5) is 24.2. The van der Waals surface area contributed by atoms with E-state index in [0.717, 1.165) is 18.5 Å². The monoisotopic (exact) mass is 440 g/mol. The van der Waals surface area contributed by atoms with Gasteiger partial charge in [0.05, 0.1) is 6.04 Å². The number of rotatable bonds is 5. The van der Waals surface area contributed by atoms with Crippen LogP contribution in [0.15, 0.2) is 73.3 Å². The highest BCUT2D eigenvalue weighted by molar-refractivity contribution is 5.96. The van der Waals surface area contributed by atoms with Crippen LogP contribution < -0.4 is 5.32 Å². The topological polar surface area (TPSA) is 106 Å². The number of carbonyl (C=O) groups is 1. The Morgan fingerprint density at radius 3 is 2.38 bits per heavy atom. The molecule has 3 heterocycles. The lowest BCUT2D eigenvalue weighted by molar-refractivity contribution is -0.141. The molecule has 1 aromatic carbocycles. The van der Waals surface area contributed by atoms with Crippen molar-refractivity contribution in [3.63, 3.8) is 0 Å². The number of nitrogens with one attached hydrogen (secondary N) is 1. The standard InChI is InChI=1S/C21H15F3N6O2/c22-21(23,24)16-8-7-14(11-25-16)17(13-5-2-1-3-6-13)28-18(31)15-12-26-20(29-19(15)32)30-10-4-9-27-30/h1-12,17H,(H,28,31)(H,26,29,32). The zero-order chi connectivity index (χ0) is 22.7. The second-order valence-electron chi connectivity index (χ2n) is 6.65. The van der Waals surface area contributed by atoms with Crippen molar-refractivity contribution in [3.05, 3.63) is 95.7 Å². The number of benzene rings is 1. The van der Waals surface area contributed by atoms with E-state index in [1.807, 2.05) is 0 Å². The quantitative estimate of drug-likeness (QED) is 0.493. The maximum atomic E-state index is 12.9. The van der Waals surface area contributed by atoms with Gasteiger partial charge >= 0.3 is 6.18 Å². The first-order valence-electron chi connectivity index (χ1n) is 9.28. The van der Waals surface area contributed by atoms with Gasteiger partial charge in [-0.25, -0.2) is 9.67 Å². The smallest absolute Gasteiger partial charge is 0.433 e. The molecule has 0 saturated heterocycles. The van der Waals surface area contributed by atoms with Crippen LogP contribution in [0.3, 0.4) is 0 Å². The highest BCUT2D eigenvalue weighted by atomic mass is 19.4. The first-order valence-corrected chi connectivity index (χ1v) is 9.28. The number of aromatic hydroxyl groups is 1. The minimum Gasteiger partial charge on any atom is -0.493 e. The number of hydrogen-bond acceptors (Lipinski definition) is 6. The molecule has 0 aliphatic rings. The van der Waals surface area contributed by atoms with Crippen LogP contribution in [0.1, 0.15) is 33.2 Å². The summed E-state index contributed by atoms with van der Waals surface area (Å²) >= 11 is 0. The summed E-state index contributed by atoms with van der Waals surface area (Å²) in [5, 5.41) is 16.9. The number of nitrogens with zero attached hydrogens (tertiary/aromatic N) is 5. The van der Waals surface area contributed by atoms with E-state index in [-0.39, 0.29) is 11.5 Å². The van der Waals surface area contributed by atoms with Crippen LogP contribution in [0, 0.1) is 0 Å². The molecule has 11 heteroatoms. The summed E-state index contributed by atoms with van der Waals surface area (Å²) in [6, 6.07) is 11.5. The first-order chi connectivity index (χ1) is 15.3. The van der Waals surface area contributed by atoms with E-state index in [1.54, 1.807) is 42.6 Å². The molecule has 1 atom stereocenters. The maximum Gasteiger partial charge on any atom is 0.433 e. The lowest BCUT2D eigenvalue weighted by Gasteiger charge is -2.20. The normalized spacial score (nSPS) is 12.3. The van der Waals surface area contributed by atoms with Crippen LogP contribution in [0.5, 0.6) is 5.88 Å². The molecule has 2 N–H and O–H groups in total. The third-order valence-corrected chi connectivity index (χ3v) is 4.53. The van der Waals surface area contributed by atoms with Gasteiger partial charge in [0.2, 0.25) is 5.88 Å². The van der Waals surface area contributed by atoms with Crippen molar-refractivity contribution in [3.8, 4) is 11.8 Å². The molecule has 0 radical (unpaired) electrons. The average molecular weight is 440 g/mol. The number of pyridine rings is 1. The molecule has 8 nitrogen and oxygen atoms in total. The zero-order valence-electron chi connectivity index (χ0n) is 16.2. The highest BCUT2D eigenvalue weighted by Gasteiger charge is 2.32. The minimum atomic E-state index is -4.58. The van der Waals surface area contributed by atoms with Crippen molar-refractivity contribution in [1.82, 2.24) is 30.0 Å². The predicted molar refractivity (Wildman–Crippen MR) is 106 cm³/mol. The van der Waals surface area contributed by atoms with Crippen LogP contribution in [-0.2, 0) is 6.18 Å². The lowest BCUT2D eigenvalue weighted by atomic mass is 9.99. The van der Waals surface area contributed by atoms with Gasteiger partial charge in [-0.3, -0.25) is 9.78 Å². The van der Waals surface area contributed by atoms with Gasteiger partial charge in [0, 0.05) is 24.8 Å². The zero-order valence-corrected chi connectivity index (χ0v) is 16.2. The lowest BCUT2D eigenvalue weighted by Crippen LogP contribution is -2.30. The third-order valence-electron chi connectivity index (χ3n) is 4.53. The van der Waals surface area contributed by atoms with Gasteiger partial charge in [-0.05, 0) is 23.3 Å². The fourth-order valence-corrected chi connectivity index (χ4v) is 2.98. The Morgan fingerprint density at radius 2 is 1.78 bits per heavy atom. The van der Waals surface area contributed by atoms with Gasteiger partial charge in [-0.2, -0.15) is 23.3 Å². The molecular weight excluding hydrogens is 425 g/mol. The molecule has 0 aliphatic heterocycles. The van der Waals surface area contributed by atoms with E-state index in [9.17, 15) is 23.1 Å². The fourth-order valence-electron chi connectivity index (χ4n) is 2.98. The Balaban J connectivity index is 1.64. The summed E-state index contributed by atoms with van der Waals surface area (Å²) < 4.78 is 39.9. The molecule has 4 aromatic rings. The fraction of sp³-hybridized carbons (Fsp3) is 0.0952. The summed E-state index contributed by atoms with van der Waals surface area (Å²) in [6.07, 6.45) is 0.685. The summed E-state index contributed by atoms with van der Waals surface area (Å²) in [6.45, 7) is 0. The van der Waals surface area contributed by atoms with Crippen molar-refractivity contribution in [1.29, 1.82) is 0 Å². The molecule has 3 aromatic heterocycles. The van der Waals surface area contributed by atoms with Crippen LogP contribution in [0.4, 0.5) is 13.2 Å². The number of carbonyl (C=O) groups excluding carboxylic acids is 1. The van der Waals surface area contributed by atoms with E-state index in [1.165, 1.54) is 16.9 Å². The Labute approximate surface area is 179 Å². The van der Waals surface area contributed by atoms with E-state index >= 15 is 0 Å². The molecule has 0 bridgehead atoms. The van der Waals surface area contributed by atoms with Crippen molar-refractivity contribution in [2.45, 2.75) is 12.2 Å². The van der Waals surface area contributed by atoms with E-state index in [2.05, 4.69) is 25.4 Å². The van der Waals surface area contributed by atoms with E-state index in [4.69, 9.17) is 0 Å². The number of amides is 1. The minimum absolute atomic E-state index is 0.0654. The Hall–Kier alpha value is -4.28. The number of aromatic nitrogens is 5. The molecular formula is C21H15F3N6O2. The molecule has 0 saturated carbocycles. The van der Waals surface area contributed by atoms with Crippen LogP contribution in [0.2, 0.25) is 0 Å². The Kier molecular flexibility index (Phi) is 5.54. The summed E-state index contributed by atoms with van der Waals surface area (Å²) in [5.74, 6) is -1.22. The molecule has 0 spiro atoms. The maximum absolute atomic E-state index is 12.9. The SMILES string of the molecule is O=C(NC(c1ccccc1)c1ccc(C(F)(F)F)nc1)c1cnc(-n2cccn2)nc1O. The molecule has 0 fully saturated rings. The second-order valence-corrected chi connectivity index (χ2v) is 6.65. The molecule has 32 heavy (non-hydrogen) atoms. The molecule has 1 amide bonds. The van der Waals surface area contributed by atoms with Gasteiger partial charge < -0.3 is 10.4 Å². The van der Waals surface area contributed by atoms with Crippen molar-refractivity contribution in [2.75, 3.05) is 0 Å². The molecule has 162 valence electrons. The van der Waals surface area contributed by atoms with Crippen molar-refractivity contribution >= 4 is 5.91 Å². The Morgan fingerprint density at radius 1 is 1.00 bits per heavy atom. The molecule has 1 unspecified atom stereocenters.